The molecule has 0 amide bonds. The van der Waals surface area contributed by atoms with Crippen LogP contribution in [0.5, 0.6) is 0 Å². The van der Waals surface area contributed by atoms with Gasteiger partial charge in [-0.1, -0.05) is 19.8 Å². The number of carbonyl (C=O) groups excluding carboxylic acids is 1. The van der Waals surface area contributed by atoms with Gasteiger partial charge in [-0.2, -0.15) is 0 Å². The number of ether oxygens (including phenoxy) is 1. The maximum atomic E-state index is 11.7. The lowest BCUT2D eigenvalue weighted by atomic mass is 9.96. The molecule has 1 aliphatic carbocycles. The fraction of sp³-hybridized carbons (Fsp3) is 0.938. The Balaban J connectivity index is 2.24. The van der Waals surface area contributed by atoms with Crippen LogP contribution in [0.1, 0.15) is 65.7 Å². The molecule has 0 radical (unpaired) electrons. The Labute approximate surface area is 124 Å². The van der Waals surface area contributed by atoms with E-state index >= 15 is 0 Å². The van der Waals surface area contributed by atoms with Crippen molar-refractivity contribution >= 4 is 5.97 Å². The van der Waals surface area contributed by atoms with Gasteiger partial charge in [-0.3, -0.25) is 4.79 Å². The van der Waals surface area contributed by atoms with E-state index in [0.717, 1.165) is 32.0 Å². The third-order valence-corrected chi connectivity index (χ3v) is 4.38. The van der Waals surface area contributed by atoms with Gasteiger partial charge in [-0.25, -0.2) is 0 Å². The SMILES string of the molecule is CCOC(=O)C(C)(N)CCCCN(CC)C1CCCC1. The van der Waals surface area contributed by atoms with Gasteiger partial charge in [0.1, 0.15) is 5.54 Å². The Hall–Kier alpha value is -0.610. The monoisotopic (exact) mass is 284 g/mol. The number of carbonyl (C=O) groups is 1. The quantitative estimate of drug-likeness (QED) is 0.522. The van der Waals surface area contributed by atoms with Gasteiger partial charge >= 0.3 is 5.97 Å². The molecule has 118 valence electrons. The molecule has 2 N–H and O–H groups in total. The predicted octanol–water partition coefficient (Wildman–Crippen LogP) is 2.70. The van der Waals surface area contributed by atoms with Crippen molar-refractivity contribution in [1.29, 1.82) is 0 Å². The van der Waals surface area contributed by atoms with Crippen molar-refractivity contribution in [2.75, 3.05) is 19.7 Å². The van der Waals surface area contributed by atoms with E-state index in [1.165, 1.54) is 25.7 Å². The summed E-state index contributed by atoms with van der Waals surface area (Å²) in [6, 6.07) is 0.786. The van der Waals surface area contributed by atoms with E-state index in [0.29, 0.717) is 13.0 Å². The number of unbranched alkanes of at least 4 members (excludes halogenated alkanes) is 1. The van der Waals surface area contributed by atoms with Gasteiger partial charge in [0, 0.05) is 6.04 Å². The molecule has 0 aromatic heterocycles. The van der Waals surface area contributed by atoms with Crippen LogP contribution in [0.15, 0.2) is 0 Å². The summed E-state index contributed by atoms with van der Waals surface area (Å²) >= 11 is 0. The Morgan fingerprint density at radius 2 is 1.95 bits per heavy atom. The molecule has 0 spiro atoms. The summed E-state index contributed by atoms with van der Waals surface area (Å²) in [5.41, 5.74) is 5.20. The van der Waals surface area contributed by atoms with Gasteiger partial charge in [0.2, 0.25) is 0 Å². The predicted molar refractivity (Wildman–Crippen MR) is 82.6 cm³/mol. The fourth-order valence-corrected chi connectivity index (χ4v) is 3.07. The molecule has 0 saturated heterocycles. The minimum absolute atomic E-state index is 0.275. The van der Waals surface area contributed by atoms with Gasteiger partial charge in [0.05, 0.1) is 6.61 Å². The molecule has 4 nitrogen and oxygen atoms in total. The molecule has 0 aliphatic heterocycles. The van der Waals surface area contributed by atoms with Crippen molar-refractivity contribution in [2.24, 2.45) is 5.73 Å². The molecular formula is C16H32N2O2. The largest absolute Gasteiger partial charge is 0.465 e. The van der Waals surface area contributed by atoms with Crippen molar-refractivity contribution in [3.8, 4) is 0 Å². The van der Waals surface area contributed by atoms with Gasteiger partial charge in [-0.05, 0) is 59.0 Å². The highest BCUT2D eigenvalue weighted by Gasteiger charge is 2.29. The molecule has 0 aromatic rings. The van der Waals surface area contributed by atoms with E-state index in [4.69, 9.17) is 10.5 Å². The first kappa shape index (κ1) is 17.4. The Kier molecular flexibility index (Phi) is 7.52. The molecule has 1 saturated carbocycles. The van der Waals surface area contributed by atoms with Crippen LogP contribution in [-0.4, -0.2) is 42.1 Å². The minimum Gasteiger partial charge on any atom is -0.465 e. The highest BCUT2D eigenvalue weighted by molar-refractivity contribution is 5.79. The first-order valence-electron chi connectivity index (χ1n) is 8.21. The zero-order valence-electron chi connectivity index (χ0n) is 13.5. The van der Waals surface area contributed by atoms with Crippen molar-refractivity contribution in [3.63, 3.8) is 0 Å². The minimum atomic E-state index is -0.833. The normalized spacial score (nSPS) is 19.2. The Morgan fingerprint density at radius 3 is 2.50 bits per heavy atom. The molecule has 1 atom stereocenters. The van der Waals surface area contributed by atoms with Crippen LogP contribution in [-0.2, 0) is 9.53 Å². The lowest BCUT2D eigenvalue weighted by Gasteiger charge is -2.28. The molecule has 4 heteroatoms. The van der Waals surface area contributed by atoms with Crippen molar-refractivity contribution in [1.82, 2.24) is 4.90 Å². The third-order valence-electron chi connectivity index (χ3n) is 4.38. The molecule has 20 heavy (non-hydrogen) atoms. The first-order chi connectivity index (χ1) is 9.51. The second-order valence-corrected chi connectivity index (χ2v) is 6.16. The summed E-state index contributed by atoms with van der Waals surface area (Å²) in [5.74, 6) is -0.275. The van der Waals surface area contributed by atoms with Crippen LogP contribution < -0.4 is 5.73 Å². The lowest BCUT2D eigenvalue weighted by Crippen LogP contribution is -2.46. The molecule has 0 heterocycles. The highest BCUT2D eigenvalue weighted by Crippen LogP contribution is 2.24. The number of nitrogens with two attached hydrogens (primary N) is 1. The molecule has 0 bridgehead atoms. The van der Waals surface area contributed by atoms with E-state index in [2.05, 4.69) is 11.8 Å². The van der Waals surface area contributed by atoms with Gasteiger partial charge in [0.15, 0.2) is 0 Å². The van der Waals surface area contributed by atoms with Gasteiger partial charge < -0.3 is 15.4 Å². The van der Waals surface area contributed by atoms with Crippen LogP contribution >= 0.6 is 0 Å². The van der Waals surface area contributed by atoms with Gasteiger partial charge in [0.25, 0.3) is 0 Å². The first-order valence-corrected chi connectivity index (χ1v) is 8.21. The second-order valence-electron chi connectivity index (χ2n) is 6.16. The lowest BCUT2D eigenvalue weighted by molar-refractivity contribution is -0.149. The van der Waals surface area contributed by atoms with E-state index in [1.807, 2.05) is 6.92 Å². The van der Waals surface area contributed by atoms with Crippen LogP contribution in [0.3, 0.4) is 0 Å². The molecule has 0 aromatic carbocycles. The number of nitrogens with zero attached hydrogens (tertiary/aromatic N) is 1. The molecule has 1 unspecified atom stereocenters. The second kappa shape index (κ2) is 8.63. The summed E-state index contributed by atoms with van der Waals surface area (Å²) in [6.07, 6.45) is 8.26. The smallest absolute Gasteiger partial charge is 0.325 e. The van der Waals surface area contributed by atoms with E-state index in [1.54, 1.807) is 6.92 Å². The number of esters is 1. The van der Waals surface area contributed by atoms with Gasteiger partial charge in [-0.15, -0.1) is 0 Å². The summed E-state index contributed by atoms with van der Waals surface area (Å²) in [5, 5.41) is 0. The summed E-state index contributed by atoms with van der Waals surface area (Å²) in [7, 11) is 0. The average Bonchev–Trinajstić information content (AvgIpc) is 2.93. The standard InChI is InChI=1S/C16H32N2O2/c1-4-18(14-10-6-7-11-14)13-9-8-12-16(3,17)15(19)20-5-2/h14H,4-13,17H2,1-3H3. The molecule has 1 aliphatic rings. The Bertz CT molecular complexity index is 286. The zero-order chi connectivity index (χ0) is 15.0. The molecule has 1 fully saturated rings. The van der Waals surface area contributed by atoms with Crippen molar-refractivity contribution in [3.05, 3.63) is 0 Å². The zero-order valence-corrected chi connectivity index (χ0v) is 13.5. The third kappa shape index (κ3) is 5.41. The van der Waals surface area contributed by atoms with E-state index in [9.17, 15) is 4.79 Å². The fourth-order valence-electron chi connectivity index (χ4n) is 3.07. The maximum absolute atomic E-state index is 11.7. The summed E-state index contributed by atoms with van der Waals surface area (Å²) in [4.78, 5) is 14.3. The maximum Gasteiger partial charge on any atom is 0.325 e. The van der Waals surface area contributed by atoms with Crippen LogP contribution in [0.2, 0.25) is 0 Å². The van der Waals surface area contributed by atoms with Crippen LogP contribution in [0.4, 0.5) is 0 Å². The molecular weight excluding hydrogens is 252 g/mol. The van der Waals surface area contributed by atoms with Crippen molar-refractivity contribution < 1.29 is 9.53 Å². The average molecular weight is 284 g/mol. The summed E-state index contributed by atoms with van der Waals surface area (Å²) < 4.78 is 5.01. The summed E-state index contributed by atoms with van der Waals surface area (Å²) in [6.45, 7) is 8.48. The number of hydrogen-bond acceptors (Lipinski definition) is 4. The van der Waals surface area contributed by atoms with E-state index in [-0.39, 0.29) is 5.97 Å². The highest BCUT2D eigenvalue weighted by atomic mass is 16.5. The van der Waals surface area contributed by atoms with Crippen molar-refractivity contribution in [2.45, 2.75) is 77.3 Å². The van der Waals surface area contributed by atoms with Crippen LogP contribution in [0.25, 0.3) is 0 Å². The number of hydrogen-bond donors (Lipinski definition) is 1. The number of rotatable bonds is 9. The topological polar surface area (TPSA) is 55.6 Å². The molecule has 1 rings (SSSR count). The Morgan fingerprint density at radius 1 is 1.30 bits per heavy atom. The van der Waals surface area contributed by atoms with E-state index < -0.39 is 5.54 Å². The van der Waals surface area contributed by atoms with Crippen LogP contribution in [0, 0.1) is 0 Å².